The molecule has 1 fully saturated rings. The molecule has 0 unspecified atom stereocenters. The standard InChI is InChI=1S/C5H8N2O3/c6-3(8)5(1-2-5)10-4(7)9/h1-2H2,(H2,6,8)(H2,7,9). The van der Waals surface area contributed by atoms with Crippen LogP contribution in [-0.2, 0) is 9.53 Å². The van der Waals surface area contributed by atoms with Gasteiger partial charge in [0.1, 0.15) is 0 Å². The molecule has 0 bridgehead atoms. The second-order valence-electron chi connectivity index (χ2n) is 2.28. The van der Waals surface area contributed by atoms with Gasteiger partial charge in [0.2, 0.25) is 0 Å². The van der Waals surface area contributed by atoms with E-state index in [1.807, 2.05) is 0 Å². The minimum atomic E-state index is -1.06. The largest absolute Gasteiger partial charge is 0.433 e. The van der Waals surface area contributed by atoms with Crippen LogP contribution >= 0.6 is 0 Å². The van der Waals surface area contributed by atoms with Crippen LogP contribution in [0.1, 0.15) is 12.8 Å². The number of carbonyl (C=O) groups is 2. The van der Waals surface area contributed by atoms with Gasteiger partial charge >= 0.3 is 6.09 Å². The SMILES string of the molecule is NC(=O)OC1(C(N)=O)CC1. The summed E-state index contributed by atoms with van der Waals surface area (Å²) in [7, 11) is 0. The second kappa shape index (κ2) is 1.86. The lowest BCUT2D eigenvalue weighted by molar-refractivity contribution is -0.128. The van der Waals surface area contributed by atoms with E-state index < -0.39 is 17.6 Å². The summed E-state index contributed by atoms with van der Waals surface area (Å²) in [5.41, 5.74) is 8.53. The van der Waals surface area contributed by atoms with Crippen molar-refractivity contribution in [1.82, 2.24) is 0 Å². The molecule has 0 aliphatic heterocycles. The number of amides is 2. The number of hydrogen-bond donors (Lipinski definition) is 2. The number of rotatable bonds is 2. The van der Waals surface area contributed by atoms with Crippen molar-refractivity contribution in [3.8, 4) is 0 Å². The Balaban J connectivity index is 2.53. The molecule has 1 rings (SSSR count). The van der Waals surface area contributed by atoms with Crippen molar-refractivity contribution >= 4 is 12.0 Å². The summed E-state index contributed by atoms with van der Waals surface area (Å²) < 4.78 is 4.47. The summed E-state index contributed by atoms with van der Waals surface area (Å²) in [4.78, 5) is 20.7. The lowest BCUT2D eigenvalue weighted by Crippen LogP contribution is -2.36. The zero-order chi connectivity index (χ0) is 7.78. The van der Waals surface area contributed by atoms with Gasteiger partial charge in [-0.2, -0.15) is 0 Å². The van der Waals surface area contributed by atoms with Crippen LogP contribution in [0.3, 0.4) is 0 Å². The van der Waals surface area contributed by atoms with E-state index in [-0.39, 0.29) is 0 Å². The van der Waals surface area contributed by atoms with Crippen LogP contribution in [0.25, 0.3) is 0 Å². The van der Waals surface area contributed by atoms with E-state index in [0.717, 1.165) is 0 Å². The lowest BCUT2D eigenvalue weighted by Gasteiger charge is -2.08. The number of carbonyl (C=O) groups excluding carboxylic acids is 2. The fraction of sp³-hybridized carbons (Fsp3) is 0.600. The van der Waals surface area contributed by atoms with E-state index in [1.165, 1.54) is 0 Å². The average Bonchev–Trinajstić information content (AvgIpc) is 2.46. The highest BCUT2D eigenvalue weighted by atomic mass is 16.6. The van der Waals surface area contributed by atoms with Crippen LogP contribution in [0.4, 0.5) is 4.79 Å². The fourth-order valence-corrected chi connectivity index (χ4v) is 0.705. The Labute approximate surface area is 57.3 Å². The molecule has 1 saturated carbocycles. The van der Waals surface area contributed by atoms with Crippen molar-refractivity contribution in [2.45, 2.75) is 18.4 Å². The smallest absolute Gasteiger partial charge is 0.405 e. The van der Waals surface area contributed by atoms with E-state index in [2.05, 4.69) is 10.5 Å². The molecule has 0 saturated heterocycles. The molecule has 1 aliphatic rings. The van der Waals surface area contributed by atoms with Crippen molar-refractivity contribution in [2.75, 3.05) is 0 Å². The average molecular weight is 144 g/mol. The van der Waals surface area contributed by atoms with Crippen molar-refractivity contribution < 1.29 is 14.3 Å². The molecule has 10 heavy (non-hydrogen) atoms. The Hall–Kier alpha value is -1.26. The van der Waals surface area contributed by atoms with Gasteiger partial charge in [0.25, 0.3) is 5.91 Å². The summed E-state index contributed by atoms with van der Waals surface area (Å²) >= 11 is 0. The molecule has 0 aromatic carbocycles. The Morgan fingerprint density at radius 2 is 1.80 bits per heavy atom. The molecular formula is C5H8N2O3. The highest BCUT2D eigenvalue weighted by Gasteiger charge is 2.52. The predicted molar refractivity (Wildman–Crippen MR) is 31.8 cm³/mol. The van der Waals surface area contributed by atoms with Crippen molar-refractivity contribution in [3.63, 3.8) is 0 Å². The van der Waals surface area contributed by atoms with Crippen LogP contribution < -0.4 is 11.5 Å². The summed E-state index contributed by atoms with van der Waals surface area (Å²) in [6, 6.07) is 0. The highest BCUT2D eigenvalue weighted by molar-refractivity contribution is 5.88. The Morgan fingerprint density at radius 1 is 1.30 bits per heavy atom. The van der Waals surface area contributed by atoms with Crippen LogP contribution in [0.2, 0.25) is 0 Å². The monoisotopic (exact) mass is 144 g/mol. The number of primary amides is 2. The first-order valence-electron chi connectivity index (χ1n) is 2.85. The first kappa shape index (κ1) is 6.85. The zero-order valence-corrected chi connectivity index (χ0v) is 5.29. The Morgan fingerprint density at radius 3 is 1.90 bits per heavy atom. The molecular weight excluding hydrogens is 136 g/mol. The van der Waals surface area contributed by atoms with Gasteiger partial charge < -0.3 is 16.2 Å². The molecule has 0 radical (unpaired) electrons. The molecule has 0 atom stereocenters. The lowest BCUT2D eigenvalue weighted by atomic mass is 10.3. The molecule has 0 aromatic rings. The Bertz CT molecular complexity index is 185. The van der Waals surface area contributed by atoms with E-state index in [0.29, 0.717) is 12.8 Å². The van der Waals surface area contributed by atoms with Gasteiger partial charge in [-0.1, -0.05) is 0 Å². The third-order valence-corrected chi connectivity index (χ3v) is 1.45. The van der Waals surface area contributed by atoms with Gasteiger partial charge in [-0.25, -0.2) is 4.79 Å². The summed E-state index contributed by atoms with van der Waals surface area (Å²) in [6.45, 7) is 0. The van der Waals surface area contributed by atoms with Crippen molar-refractivity contribution in [3.05, 3.63) is 0 Å². The maximum absolute atomic E-state index is 10.5. The highest BCUT2D eigenvalue weighted by Crippen LogP contribution is 2.38. The van der Waals surface area contributed by atoms with E-state index >= 15 is 0 Å². The molecule has 0 aromatic heterocycles. The topological polar surface area (TPSA) is 95.4 Å². The zero-order valence-electron chi connectivity index (χ0n) is 5.29. The van der Waals surface area contributed by atoms with E-state index in [9.17, 15) is 9.59 Å². The second-order valence-corrected chi connectivity index (χ2v) is 2.28. The third kappa shape index (κ3) is 1.02. The quantitative estimate of drug-likeness (QED) is 0.525. The number of hydrogen-bond acceptors (Lipinski definition) is 3. The number of nitrogens with two attached hydrogens (primary N) is 2. The van der Waals surface area contributed by atoms with Crippen LogP contribution in [0.15, 0.2) is 0 Å². The molecule has 2 amide bonds. The Kier molecular flexibility index (Phi) is 1.28. The molecule has 5 heteroatoms. The van der Waals surface area contributed by atoms with Gasteiger partial charge in [-0.15, -0.1) is 0 Å². The number of ether oxygens (including phenoxy) is 1. The van der Waals surface area contributed by atoms with Crippen molar-refractivity contribution in [1.29, 1.82) is 0 Å². The summed E-state index contributed by atoms with van der Waals surface area (Å²) in [5, 5.41) is 0. The first-order valence-corrected chi connectivity index (χ1v) is 2.85. The van der Waals surface area contributed by atoms with Crippen molar-refractivity contribution in [2.24, 2.45) is 11.5 Å². The van der Waals surface area contributed by atoms with E-state index in [1.54, 1.807) is 0 Å². The summed E-state index contributed by atoms with van der Waals surface area (Å²) in [6.07, 6.45) is 0.0348. The van der Waals surface area contributed by atoms with Gasteiger partial charge in [0.15, 0.2) is 5.60 Å². The molecule has 0 heterocycles. The van der Waals surface area contributed by atoms with Crippen LogP contribution in [-0.4, -0.2) is 17.6 Å². The van der Waals surface area contributed by atoms with Gasteiger partial charge in [0.05, 0.1) is 0 Å². The molecule has 56 valence electrons. The molecule has 4 N–H and O–H groups in total. The van der Waals surface area contributed by atoms with Crippen LogP contribution in [0, 0.1) is 0 Å². The minimum Gasteiger partial charge on any atom is -0.433 e. The summed E-state index contributed by atoms with van der Waals surface area (Å²) in [5.74, 6) is -0.619. The molecule has 0 spiro atoms. The first-order chi connectivity index (χ1) is 4.57. The normalized spacial score (nSPS) is 19.6. The predicted octanol–water partition coefficient (Wildman–Crippen LogP) is -0.900. The van der Waals surface area contributed by atoms with Gasteiger partial charge in [0, 0.05) is 12.8 Å². The van der Waals surface area contributed by atoms with E-state index in [4.69, 9.17) is 5.73 Å². The molecule has 5 nitrogen and oxygen atoms in total. The van der Waals surface area contributed by atoms with Crippen LogP contribution in [0.5, 0.6) is 0 Å². The maximum atomic E-state index is 10.5. The minimum absolute atomic E-state index is 0.491. The maximum Gasteiger partial charge on any atom is 0.405 e. The third-order valence-electron chi connectivity index (χ3n) is 1.45. The van der Waals surface area contributed by atoms with Gasteiger partial charge in [-0.05, 0) is 0 Å². The molecule has 1 aliphatic carbocycles. The fourth-order valence-electron chi connectivity index (χ4n) is 0.705. The van der Waals surface area contributed by atoms with Gasteiger partial charge in [-0.3, -0.25) is 4.79 Å².